The molecular formula is C11H20S2. The monoisotopic (exact) mass is 216 g/mol. The Morgan fingerprint density at radius 3 is 2.54 bits per heavy atom. The first-order chi connectivity index (χ1) is 6.12. The Labute approximate surface area is 90.9 Å². The van der Waals surface area contributed by atoms with Crippen LogP contribution in [-0.4, -0.2) is 15.6 Å². The highest BCUT2D eigenvalue weighted by atomic mass is 32.2. The standard InChI is InChI=1S/C11H20S2/c1-10(2)6-4-7-11(3)12-8-5-9-13-11/h1,4-9H2,2-3H3. The Bertz CT molecular complexity index is 169. The molecule has 2 heteroatoms. The normalized spacial score (nSPS) is 21.4. The van der Waals surface area contributed by atoms with Crippen LogP contribution in [0.3, 0.4) is 0 Å². The quantitative estimate of drug-likeness (QED) is 0.642. The summed E-state index contributed by atoms with van der Waals surface area (Å²) in [5, 5.41) is 0. The fourth-order valence-corrected chi connectivity index (χ4v) is 4.57. The highest BCUT2D eigenvalue weighted by molar-refractivity contribution is 8.18. The zero-order valence-electron chi connectivity index (χ0n) is 8.77. The second-order valence-electron chi connectivity index (χ2n) is 3.99. The third-order valence-electron chi connectivity index (χ3n) is 2.34. The Balaban J connectivity index is 2.21. The van der Waals surface area contributed by atoms with Gasteiger partial charge in [-0.1, -0.05) is 5.57 Å². The molecule has 1 rings (SSSR count). The maximum atomic E-state index is 3.95. The van der Waals surface area contributed by atoms with Gasteiger partial charge >= 0.3 is 0 Å². The minimum atomic E-state index is 0.508. The molecule has 1 aliphatic heterocycles. The molecule has 0 aromatic carbocycles. The molecule has 1 aliphatic rings. The topological polar surface area (TPSA) is 0 Å². The van der Waals surface area contributed by atoms with Crippen molar-refractivity contribution in [3.05, 3.63) is 12.2 Å². The van der Waals surface area contributed by atoms with E-state index in [4.69, 9.17) is 0 Å². The van der Waals surface area contributed by atoms with Gasteiger partial charge in [-0.3, -0.25) is 0 Å². The van der Waals surface area contributed by atoms with E-state index in [0.717, 1.165) is 0 Å². The molecule has 0 saturated carbocycles. The molecule has 0 aliphatic carbocycles. The van der Waals surface area contributed by atoms with E-state index in [0.29, 0.717) is 4.08 Å². The van der Waals surface area contributed by atoms with Gasteiger partial charge in [0.05, 0.1) is 4.08 Å². The van der Waals surface area contributed by atoms with Crippen LogP contribution in [0.1, 0.15) is 39.5 Å². The lowest BCUT2D eigenvalue weighted by Crippen LogP contribution is -2.20. The van der Waals surface area contributed by atoms with Gasteiger partial charge in [0.15, 0.2) is 0 Å². The first-order valence-corrected chi connectivity index (χ1v) is 7.02. The lowest BCUT2D eigenvalue weighted by atomic mass is 10.1. The van der Waals surface area contributed by atoms with Crippen molar-refractivity contribution in [2.24, 2.45) is 0 Å². The Morgan fingerprint density at radius 1 is 1.38 bits per heavy atom. The molecule has 76 valence electrons. The van der Waals surface area contributed by atoms with Gasteiger partial charge in [0, 0.05) is 0 Å². The SMILES string of the molecule is C=C(C)CCCC1(C)SCCCS1. The zero-order valence-corrected chi connectivity index (χ0v) is 10.4. The molecule has 0 amide bonds. The van der Waals surface area contributed by atoms with E-state index in [9.17, 15) is 0 Å². The molecule has 0 unspecified atom stereocenters. The van der Waals surface area contributed by atoms with E-state index in [1.54, 1.807) is 0 Å². The number of rotatable bonds is 4. The fourth-order valence-electron chi connectivity index (χ4n) is 1.53. The zero-order chi connectivity index (χ0) is 9.73. The van der Waals surface area contributed by atoms with Crippen LogP contribution < -0.4 is 0 Å². The maximum Gasteiger partial charge on any atom is 0.0583 e. The molecule has 1 heterocycles. The first-order valence-electron chi connectivity index (χ1n) is 5.05. The van der Waals surface area contributed by atoms with Crippen LogP contribution in [0.4, 0.5) is 0 Å². The molecule has 1 fully saturated rings. The summed E-state index contributed by atoms with van der Waals surface area (Å²) in [4.78, 5) is 0. The van der Waals surface area contributed by atoms with Gasteiger partial charge in [-0.25, -0.2) is 0 Å². The van der Waals surface area contributed by atoms with Crippen LogP contribution in [0.25, 0.3) is 0 Å². The number of hydrogen-bond donors (Lipinski definition) is 0. The number of allylic oxidation sites excluding steroid dienone is 1. The summed E-state index contributed by atoms with van der Waals surface area (Å²) < 4.78 is 0.508. The predicted octanol–water partition coefficient (Wildman–Crippen LogP) is 4.32. The summed E-state index contributed by atoms with van der Waals surface area (Å²) in [6.07, 6.45) is 5.25. The second kappa shape index (κ2) is 5.35. The molecule has 1 saturated heterocycles. The molecule has 0 atom stereocenters. The molecule has 0 aromatic heterocycles. The lowest BCUT2D eigenvalue weighted by Gasteiger charge is -2.32. The number of thioether (sulfide) groups is 2. The molecule has 0 spiro atoms. The van der Waals surface area contributed by atoms with E-state index in [-0.39, 0.29) is 0 Å². The highest BCUT2D eigenvalue weighted by Gasteiger charge is 2.27. The second-order valence-corrected chi connectivity index (χ2v) is 7.45. The largest absolute Gasteiger partial charge is 0.144 e. The van der Waals surface area contributed by atoms with Crippen LogP contribution in [0.5, 0.6) is 0 Å². The van der Waals surface area contributed by atoms with Crippen molar-refractivity contribution in [3.8, 4) is 0 Å². The van der Waals surface area contributed by atoms with Crippen LogP contribution in [0.15, 0.2) is 12.2 Å². The lowest BCUT2D eigenvalue weighted by molar-refractivity contribution is 0.692. The van der Waals surface area contributed by atoms with E-state index in [1.807, 2.05) is 0 Å². The minimum absolute atomic E-state index is 0.508. The molecular weight excluding hydrogens is 196 g/mol. The van der Waals surface area contributed by atoms with Gasteiger partial charge in [0.2, 0.25) is 0 Å². The van der Waals surface area contributed by atoms with Crippen molar-refractivity contribution in [1.29, 1.82) is 0 Å². The van der Waals surface area contributed by atoms with Gasteiger partial charge in [-0.05, 0) is 51.0 Å². The smallest absolute Gasteiger partial charge is 0.0583 e. The molecule has 0 aromatic rings. The van der Waals surface area contributed by atoms with Crippen LogP contribution in [0.2, 0.25) is 0 Å². The van der Waals surface area contributed by atoms with Crippen molar-refractivity contribution in [2.45, 2.75) is 43.6 Å². The first kappa shape index (κ1) is 11.5. The maximum absolute atomic E-state index is 3.95. The summed E-state index contributed by atoms with van der Waals surface area (Å²) in [6.45, 7) is 8.48. The number of hydrogen-bond acceptors (Lipinski definition) is 2. The molecule has 0 radical (unpaired) electrons. The molecule has 0 nitrogen and oxygen atoms in total. The highest BCUT2D eigenvalue weighted by Crippen LogP contribution is 2.45. The van der Waals surface area contributed by atoms with Crippen molar-refractivity contribution in [2.75, 3.05) is 11.5 Å². The summed E-state index contributed by atoms with van der Waals surface area (Å²) in [5.41, 5.74) is 1.33. The van der Waals surface area contributed by atoms with Crippen molar-refractivity contribution in [3.63, 3.8) is 0 Å². The third kappa shape index (κ3) is 4.46. The Morgan fingerprint density at radius 2 is 2.00 bits per heavy atom. The molecule has 0 bridgehead atoms. The average Bonchev–Trinajstić information content (AvgIpc) is 2.04. The van der Waals surface area contributed by atoms with Crippen molar-refractivity contribution in [1.82, 2.24) is 0 Å². The van der Waals surface area contributed by atoms with Crippen molar-refractivity contribution < 1.29 is 0 Å². The van der Waals surface area contributed by atoms with Gasteiger partial charge in [0.25, 0.3) is 0 Å². The molecule has 13 heavy (non-hydrogen) atoms. The van der Waals surface area contributed by atoms with Gasteiger partial charge in [0.1, 0.15) is 0 Å². The van der Waals surface area contributed by atoms with Crippen LogP contribution in [-0.2, 0) is 0 Å². The van der Waals surface area contributed by atoms with E-state index < -0.39 is 0 Å². The van der Waals surface area contributed by atoms with Crippen LogP contribution >= 0.6 is 23.5 Å². The van der Waals surface area contributed by atoms with Gasteiger partial charge in [-0.2, -0.15) is 0 Å². The summed E-state index contributed by atoms with van der Waals surface area (Å²) in [5.74, 6) is 2.72. The summed E-state index contributed by atoms with van der Waals surface area (Å²) in [6, 6.07) is 0. The summed E-state index contributed by atoms with van der Waals surface area (Å²) in [7, 11) is 0. The Hall–Kier alpha value is 0.440. The summed E-state index contributed by atoms with van der Waals surface area (Å²) >= 11 is 4.30. The Kier molecular flexibility index (Phi) is 4.74. The van der Waals surface area contributed by atoms with E-state index >= 15 is 0 Å². The fraction of sp³-hybridized carbons (Fsp3) is 0.818. The van der Waals surface area contributed by atoms with E-state index in [2.05, 4.69) is 44.0 Å². The van der Waals surface area contributed by atoms with Gasteiger partial charge in [-0.15, -0.1) is 30.1 Å². The van der Waals surface area contributed by atoms with Gasteiger partial charge < -0.3 is 0 Å². The van der Waals surface area contributed by atoms with Crippen LogP contribution in [0, 0.1) is 0 Å². The average molecular weight is 216 g/mol. The van der Waals surface area contributed by atoms with Crippen molar-refractivity contribution >= 4 is 23.5 Å². The molecule has 0 N–H and O–H groups in total. The predicted molar refractivity (Wildman–Crippen MR) is 66.6 cm³/mol. The minimum Gasteiger partial charge on any atom is -0.144 e. The third-order valence-corrected chi connectivity index (χ3v) is 5.66. The van der Waals surface area contributed by atoms with E-state index in [1.165, 1.54) is 42.8 Å².